The Bertz CT molecular complexity index is 518. The highest BCUT2D eigenvalue weighted by atomic mass is 79.9. The minimum atomic E-state index is -0.457. The summed E-state index contributed by atoms with van der Waals surface area (Å²) < 4.78 is 6.36. The van der Waals surface area contributed by atoms with Gasteiger partial charge in [0.25, 0.3) is 0 Å². The fraction of sp³-hybridized carbons (Fsp3) is 0.588. The van der Waals surface area contributed by atoms with Crippen molar-refractivity contribution in [1.29, 1.82) is 0 Å². The van der Waals surface area contributed by atoms with Gasteiger partial charge in [-0.2, -0.15) is 0 Å². The second-order valence-corrected chi connectivity index (χ2v) is 7.65. The Labute approximate surface area is 152 Å². The molecule has 1 aromatic rings. The van der Waals surface area contributed by atoms with Gasteiger partial charge in [0, 0.05) is 29.1 Å². The van der Waals surface area contributed by atoms with E-state index >= 15 is 0 Å². The minimum Gasteiger partial charge on any atom is -0.444 e. The van der Waals surface area contributed by atoms with Crippen LogP contribution in [0.5, 0.6) is 0 Å². The lowest BCUT2D eigenvalue weighted by atomic mass is 10.2. The summed E-state index contributed by atoms with van der Waals surface area (Å²) in [4.78, 5) is 13.7. The molecule has 0 aromatic heterocycles. The van der Waals surface area contributed by atoms with Gasteiger partial charge in [-0.1, -0.05) is 33.6 Å². The molecule has 4 nitrogen and oxygen atoms in total. The molecule has 0 bridgehead atoms. The van der Waals surface area contributed by atoms with Crippen molar-refractivity contribution < 1.29 is 9.53 Å². The van der Waals surface area contributed by atoms with Crippen molar-refractivity contribution >= 4 is 33.6 Å². The predicted molar refractivity (Wildman–Crippen MR) is 99.0 cm³/mol. The number of hydrogen-bond acceptors (Lipinski definition) is 3. The van der Waals surface area contributed by atoms with Crippen LogP contribution in [0.3, 0.4) is 0 Å². The summed E-state index contributed by atoms with van der Waals surface area (Å²) in [6, 6.07) is 5.86. The van der Waals surface area contributed by atoms with Gasteiger partial charge in [-0.05, 0) is 58.4 Å². The van der Waals surface area contributed by atoms with Crippen LogP contribution in [0, 0.1) is 0 Å². The number of nitrogens with zero attached hydrogens (tertiary/aromatic N) is 1. The lowest BCUT2D eigenvalue weighted by Crippen LogP contribution is -2.38. The third-order valence-electron chi connectivity index (χ3n) is 3.15. The predicted octanol–water partition coefficient (Wildman–Crippen LogP) is 4.84. The molecule has 23 heavy (non-hydrogen) atoms. The van der Waals surface area contributed by atoms with Crippen molar-refractivity contribution in [2.24, 2.45) is 0 Å². The van der Waals surface area contributed by atoms with Crippen LogP contribution < -0.4 is 5.32 Å². The molecule has 130 valence electrons. The third-order valence-corrected chi connectivity index (χ3v) is 3.99. The lowest BCUT2D eigenvalue weighted by molar-refractivity contribution is 0.0258. The topological polar surface area (TPSA) is 41.6 Å². The van der Waals surface area contributed by atoms with Gasteiger partial charge in [0.2, 0.25) is 0 Å². The number of carbonyl (C=O) groups is 1. The van der Waals surface area contributed by atoms with Crippen molar-refractivity contribution in [3.63, 3.8) is 0 Å². The van der Waals surface area contributed by atoms with E-state index in [2.05, 4.69) is 21.2 Å². The number of halogens is 2. The second kappa shape index (κ2) is 9.50. The first kappa shape index (κ1) is 20.3. The van der Waals surface area contributed by atoms with Crippen LogP contribution in [-0.4, -0.2) is 36.2 Å². The Morgan fingerprint density at radius 1 is 1.39 bits per heavy atom. The van der Waals surface area contributed by atoms with Gasteiger partial charge in [-0.15, -0.1) is 0 Å². The summed E-state index contributed by atoms with van der Waals surface area (Å²) in [5, 5.41) is 4.10. The van der Waals surface area contributed by atoms with E-state index in [4.69, 9.17) is 16.3 Å². The average Bonchev–Trinajstić information content (AvgIpc) is 2.42. The first-order valence-electron chi connectivity index (χ1n) is 7.85. The van der Waals surface area contributed by atoms with Crippen molar-refractivity contribution in [3.05, 3.63) is 33.3 Å². The molecule has 0 aliphatic rings. The minimum absolute atomic E-state index is 0.254. The smallest absolute Gasteiger partial charge is 0.410 e. The zero-order chi connectivity index (χ0) is 17.5. The first-order chi connectivity index (χ1) is 10.7. The van der Waals surface area contributed by atoms with E-state index in [1.807, 2.05) is 45.9 Å². The molecule has 0 spiro atoms. The number of benzene rings is 1. The maximum Gasteiger partial charge on any atom is 0.410 e. The van der Waals surface area contributed by atoms with Gasteiger partial charge >= 0.3 is 6.09 Å². The van der Waals surface area contributed by atoms with Gasteiger partial charge in [0.15, 0.2) is 0 Å². The molecular formula is C17H26BrClN2O2. The van der Waals surface area contributed by atoms with Crippen LogP contribution in [0.25, 0.3) is 0 Å². The summed E-state index contributed by atoms with van der Waals surface area (Å²) in [5.74, 6) is 0. The maximum atomic E-state index is 12.0. The van der Waals surface area contributed by atoms with Crippen molar-refractivity contribution in [2.75, 3.05) is 19.6 Å². The molecule has 0 unspecified atom stereocenters. The largest absolute Gasteiger partial charge is 0.444 e. The number of amides is 1. The van der Waals surface area contributed by atoms with Gasteiger partial charge in [-0.3, -0.25) is 0 Å². The normalized spacial score (nSPS) is 11.4. The van der Waals surface area contributed by atoms with E-state index in [0.29, 0.717) is 19.6 Å². The summed E-state index contributed by atoms with van der Waals surface area (Å²) in [6.07, 6.45) is 0.609. The molecule has 0 aliphatic carbocycles. The number of hydrogen-bond donors (Lipinski definition) is 1. The van der Waals surface area contributed by atoms with Crippen LogP contribution in [0.4, 0.5) is 4.79 Å². The van der Waals surface area contributed by atoms with E-state index in [-0.39, 0.29) is 6.09 Å². The fourth-order valence-electron chi connectivity index (χ4n) is 1.99. The third kappa shape index (κ3) is 8.04. The summed E-state index contributed by atoms with van der Waals surface area (Å²) >= 11 is 9.57. The van der Waals surface area contributed by atoms with Crippen molar-refractivity contribution in [2.45, 2.75) is 46.3 Å². The summed E-state index contributed by atoms with van der Waals surface area (Å²) in [7, 11) is 0. The Hall–Kier alpha value is -0.780. The Kier molecular flexibility index (Phi) is 8.37. The second-order valence-electron chi connectivity index (χ2n) is 6.33. The highest BCUT2D eigenvalue weighted by Crippen LogP contribution is 2.21. The molecule has 1 rings (SSSR count). The molecule has 0 heterocycles. The van der Waals surface area contributed by atoms with Crippen molar-refractivity contribution in [1.82, 2.24) is 10.2 Å². The lowest BCUT2D eigenvalue weighted by Gasteiger charge is -2.26. The molecule has 1 aromatic carbocycles. The van der Waals surface area contributed by atoms with E-state index in [1.54, 1.807) is 4.90 Å². The van der Waals surface area contributed by atoms with Crippen LogP contribution in [0.2, 0.25) is 5.02 Å². The van der Waals surface area contributed by atoms with E-state index in [9.17, 15) is 4.79 Å². The van der Waals surface area contributed by atoms with Crippen molar-refractivity contribution in [3.8, 4) is 0 Å². The van der Waals surface area contributed by atoms with Gasteiger partial charge in [0.05, 0.1) is 0 Å². The molecule has 0 atom stereocenters. The molecule has 0 aliphatic heterocycles. The monoisotopic (exact) mass is 404 g/mol. The number of nitrogens with one attached hydrogen (secondary N) is 1. The Morgan fingerprint density at radius 3 is 2.65 bits per heavy atom. The fourth-order valence-corrected chi connectivity index (χ4v) is 2.73. The van der Waals surface area contributed by atoms with E-state index in [0.717, 1.165) is 28.0 Å². The number of rotatable bonds is 7. The Morgan fingerprint density at radius 2 is 2.09 bits per heavy atom. The first-order valence-corrected chi connectivity index (χ1v) is 9.02. The highest BCUT2D eigenvalue weighted by Gasteiger charge is 2.20. The summed E-state index contributed by atoms with van der Waals surface area (Å²) in [6.45, 7) is 10.4. The van der Waals surface area contributed by atoms with E-state index < -0.39 is 5.60 Å². The molecule has 1 N–H and O–H groups in total. The molecule has 0 fully saturated rings. The molecule has 1 amide bonds. The van der Waals surface area contributed by atoms with Crippen LogP contribution in [-0.2, 0) is 11.3 Å². The molecular weight excluding hydrogens is 380 g/mol. The number of carbonyl (C=O) groups excluding carboxylic acids is 1. The van der Waals surface area contributed by atoms with Gasteiger partial charge in [0.1, 0.15) is 5.60 Å². The Balaban J connectivity index is 2.31. The zero-order valence-electron chi connectivity index (χ0n) is 14.3. The van der Waals surface area contributed by atoms with Gasteiger partial charge < -0.3 is 15.0 Å². The van der Waals surface area contributed by atoms with Crippen LogP contribution in [0.15, 0.2) is 22.7 Å². The standard InChI is InChI=1S/C17H26BrClN2O2/c1-5-21(16(22)23-17(2,3)4)10-6-9-20-12-13-7-8-14(18)11-15(13)19/h7-8,11,20H,5-6,9-10,12H2,1-4H3. The number of ether oxygens (including phenoxy) is 1. The SMILES string of the molecule is CCN(CCCNCc1ccc(Br)cc1Cl)C(=O)OC(C)(C)C. The average molecular weight is 406 g/mol. The van der Waals surface area contributed by atoms with Crippen LogP contribution in [0.1, 0.15) is 39.7 Å². The zero-order valence-corrected chi connectivity index (χ0v) is 16.6. The molecule has 0 saturated heterocycles. The highest BCUT2D eigenvalue weighted by molar-refractivity contribution is 9.10. The maximum absolute atomic E-state index is 12.0. The van der Waals surface area contributed by atoms with E-state index in [1.165, 1.54) is 0 Å². The van der Waals surface area contributed by atoms with Crippen LogP contribution >= 0.6 is 27.5 Å². The van der Waals surface area contributed by atoms with Gasteiger partial charge in [-0.25, -0.2) is 4.79 Å². The molecule has 6 heteroatoms. The molecule has 0 saturated carbocycles. The quantitative estimate of drug-likeness (QED) is 0.660. The molecule has 0 radical (unpaired) electrons. The summed E-state index contributed by atoms with van der Waals surface area (Å²) in [5.41, 5.74) is 0.607.